The van der Waals surface area contributed by atoms with Gasteiger partial charge in [0.2, 0.25) is 0 Å². The molecule has 2 aliphatic rings. The standard InChI is InChI=1S/C18H23FN2O2/c1-11-7-13(19)10-20-16(11)12-8-14-5-6-15(9-12)21(14)17(22)23-18(2,3)4/h7-8,10,14-15H,5-6,9H2,1-4H3. The molecule has 23 heavy (non-hydrogen) atoms. The molecule has 1 aromatic rings. The van der Waals surface area contributed by atoms with Crippen molar-refractivity contribution in [3.63, 3.8) is 0 Å². The van der Waals surface area contributed by atoms with Crippen LogP contribution >= 0.6 is 0 Å². The highest BCUT2D eigenvalue weighted by Gasteiger charge is 2.42. The van der Waals surface area contributed by atoms with Crippen molar-refractivity contribution < 1.29 is 13.9 Å². The Kier molecular flexibility index (Phi) is 3.90. The van der Waals surface area contributed by atoms with E-state index in [-0.39, 0.29) is 24.0 Å². The number of hydrogen-bond donors (Lipinski definition) is 0. The number of aryl methyl sites for hydroxylation is 1. The third-order valence-corrected chi connectivity index (χ3v) is 4.35. The van der Waals surface area contributed by atoms with Gasteiger partial charge in [0.1, 0.15) is 11.4 Å². The number of pyridine rings is 1. The van der Waals surface area contributed by atoms with Gasteiger partial charge in [-0.25, -0.2) is 9.18 Å². The number of hydrogen-bond acceptors (Lipinski definition) is 3. The number of fused-ring (bicyclic) bond motifs is 2. The van der Waals surface area contributed by atoms with Crippen LogP contribution in [0.4, 0.5) is 9.18 Å². The van der Waals surface area contributed by atoms with Gasteiger partial charge >= 0.3 is 6.09 Å². The Bertz CT molecular complexity index is 663. The number of carbonyl (C=O) groups excluding carboxylic acids is 1. The van der Waals surface area contributed by atoms with Crippen molar-refractivity contribution in [1.29, 1.82) is 0 Å². The van der Waals surface area contributed by atoms with Crippen LogP contribution in [0.15, 0.2) is 18.3 Å². The Balaban J connectivity index is 1.84. The molecule has 2 unspecified atom stereocenters. The minimum absolute atomic E-state index is 0.0462. The predicted molar refractivity (Wildman–Crippen MR) is 86.4 cm³/mol. The van der Waals surface area contributed by atoms with E-state index in [4.69, 9.17) is 4.74 Å². The Hall–Kier alpha value is -1.91. The summed E-state index contributed by atoms with van der Waals surface area (Å²) in [6.07, 6.45) is 5.75. The summed E-state index contributed by atoms with van der Waals surface area (Å²) in [4.78, 5) is 18.5. The SMILES string of the molecule is Cc1cc(F)cnc1C1=CC2CCC(C1)N2C(=O)OC(C)(C)C. The molecule has 124 valence electrons. The third-order valence-electron chi connectivity index (χ3n) is 4.35. The molecule has 0 aromatic carbocycles. The first-order valence-electron chi connectivity index (χ1n) is 8.09. The molecule has 0 saturated carbocycles. The van der Waals surface area contributed by atoms with Crippen LogP contribution in [-0.4, -0.2) is 33.7 Å². The lowest BCUT2D eigenvalue weighted by atomic mass is 9.96. The first-order chi connectivity index (χ1) is 10.7. The van der Waals surface area contributed by atoms with E-state index in [1.807, 2.05) is 32.6 Å². The fourth-order valence-corrected chi connectivity index (χ4v) is 3.48. The second-order valence-corrected chi connectivity index (χ2v) is 7.40. The Labute approximate surface area is 136 Å². The Morgan fingerprint density at radius 3 is 2.74 bits per heavy atom. The number of carbonyl (C=O) groups is 1. The number of aromatic nitrogens is 1. The second-order valence-electron chi connectivity index (χ2n) is 7.40. The van der Waals surface area contributed by atoms with Gasteiger partial charge in [-0.05, 0) is 64.2 Å². The Morgan fingerprint density at radius 1 is 1.39 bits per heavy atom. The zero-order valence-corrected chi connectivity index (χ0v) is 14.1. The molecular weight excluding hydrogens is 295 g/mol. The van der Waals surface area contributed by atoms with Crippen molar-refractivity contribution in [2.75, 3.05) is 0 Å². The van der Waals surface area contributed by atoms with Crippen molar-refractivity contribution in [2.24, 2.45) is 0 Å². The van der Waals surface area contributed by atoms with E-state index in [0.29, 0.717) is 0 Å². The van der Waals surface area contributed by atoms with Crippen molar-refractivity contribution in [2.45, 2.75) is 64.6 Å². The number of ether oxygens (including phenoxy) is 1. The fraction of sp³-hybridized carbons (Fsp3) is 0.556. The molecule has 2 aliphatic heterocycles. The van der Waals surface area contributed by atoms with Gasteiger partial charge in [0.15, 0.2) is 0 Å². The second kappa shape index (κ2) is 5.62. The molecule has 1 saturated heterocycles. The summed E-state index contributed by atoms with van der Waals surface area (Å²) in [5, 5.41) is 0. The van der Waals surface area contributed by atoms with E-state index >= 15 is 0 Å². The predicted octanol–water partition coefficient (Wildman–Crippen LogP) is 4.08. The number of halogens is 1. The van der Waals surface area contributed by atoms with Gasteiger partial charge in [0, 0.05) is 6.04 Å². The smallest absolute Gasteiger partial charge is 0.411 e. The normalized spacial score (nSPS) is 23.7. The van der Waals surface area contributed by atoms with Crippen molar-refractivity contribution >= 4 is 11.7 Å². The van der Waals surface area contributed by atoms with Crippen LogP contribution in [0.25, 0.3) is 5.57 Å². The average molecular weight is 318 g/mol. The van der Waals surface area contributed by atoms with E-state index in [2.05, 4.69) is 11.1 Å². The summed E-state index contributed by atoms with van der Waals surface area (Å²) in [6, 6.07) is 1.69. The summed E-state index contributed by atoms with van der Waals surface area (Å²) < 4.78 is 18.8. The lowest BCUT2D eigenvalue weighted by Gasteiger charge is -2.35. The van der Waals surface area contributed by atoms with Crippen LogP contribution in [0.1, 0.15) is 51.3 Å². The zero-order valence-electron chi connectivity index (χ0n) is 14.1. The average Bonchev–Trinajstić information content (AvgIpc) is 2.68. The molecule has 1 aromatic heterocycles. The highest BCUT2D eigenvalue weighted by Crippen LogP contribution is 2.39. The van der Waals surface area contributed by atoms with Gasteiger partial charge in [0.25, 0.3) is 0 Å². The van der Waals surface area contributed by atoms with Crippen LogP contribution in [0.5, 0.6) is 0 Å². The monoisotopic (exact) mass is 318 g/mol. The molecule has 0 N–H and O–H groups in total. The number of nitrogens with zero attached hydrogens (tertiary/aromatic N) is 2. The van der Waals surface area contributed by atoms with Gasteiger partial charge < -0.3 is 4.74 Å². The Morgan fingerprint density at radius 2 is 2.13 bits per heavy atom. The van der Waals surface area contributed by atoms with Crippen molar-refractivity contribution in [3.05, 3.63) is 35.4 Å². The largest absolute Gasteiger partial charge is 0.444 e. The molecular formula is C18H23FN2O2. The molecule has 2 atom stereocenters. The van der Waals surface area contributed by atoms with Gasteiger partial charge in [0.05, 0.1) is 17.9 Å². The lowest BCUT2D eigenvalue weighted by molar-refractivity contribution is 0.0175. The van der Waals surface area contributed by atoms with E-state index in [9.17, 15) is 9.18 Å². The van der Waals surface area contributed by atoms with Gasteiger partial charge in [-0.2, -0.15) is 0 Å². The molecule has 3 rings (SSSR count). The van der Waals surface area contributed by atoms with Crippen LogP contribution in [-0.2, 0) is 4.74 Å². The summed E-state index contributed by atoms with van der Waals surface area (Å²) in [6.45, 7) is 7.51. The van der Waals surface area contributed by atoms with Gasteiger partial charge in [-0.1, -0.05) is 6.08 Å². The molecule has 0 radical (unpaired) electrons. The molecule has 0 aliphatic carbocycles. The third kappa shape index (κ3) is 3.23. The minimum atomic E-state index is -0.490. The first-order valence-corrected chi connectivity index (χ1v) is 8.09. The molecule has 1 fully saturated rings. The molecule has 3 heterocycles. The van der Waals surface area contributed by atoms with E-state index < -0.39 is 5.60 Å². The minimum Gasteiger partial charge on any atom is -0.444 e. The van der Waals surface area contributed by atoms with Gasteiger partial charge in [-0.3, -0.25) is 9.88 Å². The fourth-order valence-electron chi connectivity index (χ4n) is 3.48. The van der Waals surface area contributed by atoms with Crippen LogP contribution in [0, 0.1) is 12.7 Å². The van der Waals surface area contributed by atoms with E-state index in [0.717, 1.165) is 36.1 Å². The van der Waals surface area contributed by atoms with Gasteiger partial charge in [-0.15, -0.1) is 0 Å². The maximum absolute atomic E-state index is 13.3. The summed E-state index contributed by atoms with van der Waals surface area (Å²) >= 11 is 0. The van der Waals surface area contributed by atoms with Crippen molar-refractivity contribution in [3.8, 4) is 0 Å². The van der Waals surface area contributed by atoms with Crippen molar-refractivity contribution in [1.82, 2.24) is 9.88 Å². The van der Waals surface area contributed by atoms with Crippen LogP contribution < -0.4 is 0 Å². The van der Waals surface area contributed by atoms with Crippen LogP contribution in [0.2, 0.25) is 0 Å². The van der Waals surface area contributed by atoms with Crippen LogP contribution in [0.3, 0.4) is 0 Å². The summed E-state index contributed by atoms with van der Waals surface area (Å²) in [5.41, 5.74) is 2.29. The molecule has 0 spiro atoms. The highest BCUT2D eigenvalue weighted by molar-refractivity contribution is 5.75. The topological polar surface area (TPSA) is 42.4 Å². The molecule has 2 bridgehead atoms. The maximum atomic E-state index is 13.3. The van der Waals surface area contributed by atoms with E-state index in [1.165, 1.54) is 12.3 Å². The highest BCUT2D eigenvalue weighted by atomic mass is 19.1. The maximum Gasteiger partial charge on any atom is 0.411 e. The molecule has 4 nitrogen and oxygen atoms in total. The van der Waals surface area contributed by atoms with E-state index in [1.54, 1.807) is 0 Å². The molecule has 5 heteroatoms. The number of amides is 1. The number of rotatable bonds is 1. The zero-order chi connectivity index (χ0) is 16.8. The summed E-state index contributed by atoms with van der Waals surface area (Å²) in [7, 11) is 0. The summed E-state index contributed by atoms with van der Waals surface area (Å²) in [5.74, 6) is -0.319. The first kappa shape index (κ1) is 16.0. The molecule has 1 amide bonds. The lowest BCUT2D eigenvalue weighted by Crippen LogP contribution is -2.45. The quantitative estimate of drug-likeness (QED) is 0.783.